The van der Waals surface area contributed by atoms with Gasteiger partial charge in [0.2, 0.25) is 0 Å². The van der Waals surface area contributed by atoms with Crippen LogP contribution in [0.4, 0.5) is 5.95 Å². The number of hydrogen-bond donors (Lipinski definition) is 3. The second kappa shape index (κ2) is 5.74. The van der Waals surface area contributed by atoms with E-state index in [1.165, 1.54) is 6.33 Å². The Labute approximate surface area is 136 Å². The summed E-state index contributed by atoms with van der Waals surface area (Å²) in [7, 11) is 0. The van der Waals surface area contributed by atoms with Gasteiger partial charge < -0.3 is 0 Å². The number of nitrogens with one attached hydrogen (secondary N) is 2. The number of aliphatic hydroxyl groups is 1. The predicted molar refractivity (Wildman–Crippen MR) is 75.5 cm³/mol. The summed E-state index contributed by atoms with van der Waals surface area (Å²) in [5.41, 5.74) is 0.354. The molecule has 3 atom stereocenters. The first kappa shape index (κ1) is 14.5. The Kier molecular flexibility index (Phi) is 3.96. The molecule has 9 heteroatoms. The molecule has 0 amide bonds. The third-order valence-electron chi connectivity index (χ3n) is 3.45. The van der Waals surface area contributed by atoms with Gasteiger partial charge in [0.25, 0.3) is 0 Å². The first-order chi connectivity index (χ1) is 10.2. The van der Waals surface area contributed by atoms with E-state index in [-0.39, 0.29) is 29.7 Å². The number of aromatic amines is 1. The Bertz CT molecular complexity index is 764. The number of fused-ring (bicyclic) bond motifs is 1. The van der Waals surface area contributed by atoms with Crippen LogP contribution in [0.3, 0.4) is 0 Å². The van der Waals surface area contributed by atoms with Crippen molar-refractivity contribution in [3.63, 3.8) is 0 Å². The van der Waals surface area contributed by atoms with Crippen molar-refractivity contribution in [3.8, 4) is 12.3 Å². The molecule has 0 radical (unpaired) electrons. The quantitative estimate of drug-likeness (QED) is 0.392. The maximum absolute atomic E-state index is 11.9. The molecule has 1 saturated heterocycles. The van der Waals surface area contributed by atoms with Gasteiger partial charge in [0.15, 0.2) is 0 Å². The Morgan fingerprint density at radius 2 is 2.52 bits per heavy atom. The van der Waals surface area contributed by atoms with Crippen LogP contribution in [0.5, 0.6) is 0 Å². The second-order valence-electron chi connectivity index (χ2n) is 4.72. The number of H-pyrrole nitrogens is 1. The van der Waals surface area contributed by atoms with Crippen LogP contribution in [0, 0.1) is 18.3 Å². The van der Waals surface area contributed by atoms with Crippen LogP contribution in [0.2, 0.25) is 0 Å². The van der Waals surface area contributed by atoms with Crippen LogP contribution in [-0.4, -0.2) is 63.4 Å². The molecular weight excluding hydrogens is 467 g/mol. The van der Waals surface area contributed by atoms with Crippen LogP contribution < -0.4 is 8.69 Å². The number of imidazole rings is 1. The van der Waals surface area contributed by atoms with Gasteiger partial charge >= 0.3 is 136 Å². The van der Waals surface area contributed by atoms with Crippen LogP contribution in [0.1, 0.15) is 12.6 Å². The van der Waals surface area contributed by atoms with Gasteiger partial charge in [-0.2, -0.15) is 0 Å². The van der Waals surface area contributed by atoms with Crippen molar-refractivity contribution in [2.24, 2.45) is 5.92 Å². The zero-order chi connectivity index (χ0) is 15.0. The van der Waals surface area contributed by atoms with Crippen molar-refractivity contribution < 1.29 is 9.84 Å². The van der Waals surface area contributed by atoms with Gasteiger partial charge in [0.05, 0.1) is 0 Å². The molecule has 1 aliphatic heterocycles. The molecule has 3 rings (SSSR count). The molecule has 0 bridgehead atoms. The molecule has 1 aliphatic rings. The molecule has 21 heavy (non-hydrogen) atoms. The molecule has 3 unspecified atom stereocenters. The number of hydrogen-bond acceptors (Lipinski definition) is 6. The van der Waals surface area contributed by atoms with E-state index in [1.54, 1.807) is 4.57 Å². The minimum absolute atomic E-state index is 0.0934. The number of anilines is 1. The fourth-order valence-corrected chi connectivity index (χ4v) is 2.99. The summed E-state index contributed by atoms with van der Waals surface area (Å²) in [5.74, 6) is 2.88. The Hall–Kier alpha value is -1.45. The van der Waals surface area contributed by atoms with E-state index in [0.29, 0.717) is 44.1 Å². The molecule has 3 N–H and O–H groups in total. The number of ether oxygens (including phenoxy) is 1. The van der Waals surface area contributed by atoms with Crippen molar-refractivity contribution >= 4 is 43.2 Å². The summed E-state index contributed by atoms with van der Waals surface area (Å²) in [6.45, 7) is -0.0934. The molecule has 106 valence electrons. The number of aromatic nitrogens is 4. The van der Waals surface area contributed by atoms with Crippen LogP contribution >= 0.6 is 0 Å². The summed E-state index contributed by atoms with van der Waals surface area (Å²) in [6, 6.07) is 0. The van der Waals surface area contributed by atoms with Gasteiger partial charge in [-0.1, -0.05) is 0 Å². The first-order valence-electron chi connectivity index (χ1n) is 6.33. The van der Waals surface area contributed by atoms with Gasteiger partial charge in [-0.3, -0.25) is 0 Å². The Balaban J connectivity index is 2.10. The zero-order valence-electron chi connectivity index (χ0n) is 11.0. The normalized spacial score (nSPS) is 25.0. The second-order valence-corrected chi connectivity index (χ2v) is 5.85. The number of nitrogens with zero attached hydrogens (tertiary/aromatic N) is 3. The average Bonchev–Trinajstić information content (AvgIpc) is 3.09. The van der Waals surface area contributed by atoms with Crippen molar-refractivity contribution in [1.29, 1.82) is 0 Å². The number of rotatable bonds is 3. The van der Waals surface area contributed by atoms with Crippen molar-refractivity contribution in [1.82, 2.24) is 19.5 Å². The van der Waals surface area contributed by atoms with E-state index < -0.39 is 6.23 Å². The molecule has 2 aromatic heterocycles. The van der Waals surface area contributed by atoms with Crippen LogP contribution in [-0.2, 0) is 4.74 Å². The van der Waals surface area contributed by atoms with Crippen molar-refractivity contribution in [2.45, 2.75) is 18.8 Å². The third-order valence-corrected chi connectivity index (χ3v) is 4.52. The van der Waals surface area contributed by atoms with Crippen LogP contribution in [0.25, 0.3) is 11.2 Å². The average molecular weight is 479 g/mol. The zero-order valence-corrected chi connectivity index (χ0v) is 15.5. The van der Waals surface area contributed by atoms with Gasteiger partial charge in [-0.05, 0) is 0 Å². The number of aliphatic hydroxyl groups excluding tert-OH is 1. The van der Waals surface area contributed by atoms with E-state index in [1.807, 2.05) is 0 Å². The van der Waals surface area contributed by atoms with E-state index >= 15 is 0 Å². The predicted octanol–water partition coefficient (Wildman–Crippen LogP) is -0.856. The summed E-state index contributed by atoms with van der Waals surface area (Å²) in [5, 5.41) is 9.24. The molecule has 1 fully saturated rings. The van der Waals surface area contributed by atoms with Gasteiger partial charge in [0.1, 0.15) is 0 Å². The molecule has 0 aliphatic carbocycles. The Morgan fingerprint density at radius 3 is 3.19 bits per heavy atom. The van der Waals surface area contributed by atoms with E-state index in [9.17, 15) is 9.90 Å². The molecule has 0 saturated carbocycles. The van der Waals surface area contributed by atoms with E-state index in [4.69, 9.17) is 11.2 Å². The fraction of sp³-hybridized carbons (Fsp3) is 0.417. The van der Waals surface area contributed by atoms with Crippen molar-refractivity contribution in [3.05, 3.63) is 16.7 Å². The van der Waals surface area contributed by atoms with Gasteiger partial charge in [0, 0.05) is 0 Å². The summed E-state index contributed by atoms with van der Waals surface area (Å²) in [6.07, 6.45) is 6.81. The molecule has 2 aromatic rings. The molecular formula is C12H12N5O3Tl. The topological polar surface area (TPSA) is 105 Å². The maximum atomic E-state index is 11.9. The monoisotopic (exact) mass is 479 g/mol. The first-order valence-corrected chi connectivity index (χ1v) is 8.58. The Morgan fingerprint density at radius 1 is 1.71 bits per heavy atom. The minimum atomic E-state index is -0.476. The van der Waals surface area contributed by atoms with Gasteiger partial charge in [-0.25, -0.2) is 0 Å². The fourth-order valence-electron chi connectivity index (χ4n) is 2.46. The molecule has 3 heterocycles. The third kappa shape index (κ3) is 2.45. The van der Waals surface area contributed by atoms with E-state index in [2.05, 4.69) is 24.0 Å². The van der Waals surface area contributed by atoms with Crippen LogP contribution in [0.15, 0.2) is 11.1 Å². The SMILES string of the molecule is C#CC1CC(CO)OC1n1cnc2c(=O)[nH]c([NH][Tl])nc21. The molecule has 0 spiro atoms. The standard InChI is InChI=1S/C12H13N5O3.Tl/c1-2-6-3-7(4-18)20-11(6)17-5-14-8-9(17)15-12(13)16-10(8)19;/h1,5-7,11,18H,3-4H2,(H3,13,15,16,19);/q;+1/p-1. The van der Waals surface area contributed by atoms with Crippen molar-refractivity contribution in [2.75, 3.05) is 9.73 Å². The number of terminal acetylenes is 1. The summed E-state index contributed by atoms with van der Waals surface area (Å²) in [4.78, 5) is 23.0. The van der Waals surface area contributed by atoms with E-state index in [0.717, 1.165) is 0 Å². The summed E-state index contributed by atoms with van der Waals surface area (Å²) >= 11 is 0.451. The summed E-state index contributed by atoms with van der Waals surface area (Å²) < 4.78 is 10.4. The molecule has 0 aromatic carbocycles. The van der Waals surface area contributed by atoms with Gasteiger partial charge in [-0.15, -0.1) is 0 Å². The molecule has 8 nitrogen and oxygen atoms in total.